The van der Waals surface area contributed by atoms with Crippen LogP contribution >= 0.6 is 34.2 Å². The number of hydrogen-bond donors (Lipinski definition) is 2. The molecule has 1 aromatic carbocycles. The standard InChI is InChI=1S/C13H10ClIN2O5/c1-22-10(18)5-17-12(20)9(16-13(17)21)3-6-2-7(14)4-8(15)11(6)19/h2-4,19H,5H2,1H3,(H,16,21)/b9-3+. The van der Waals surface area contributed by atoms with E-state index in [4.69, 9.17) is 11.6 Å². The van der Waals surface area contributed by atoms with E-state index in [1.165, 1.54) is 12.1 Å². The fourth-order valence-corrected chi connectivity index (χ4v) is 2.82. The van der Waals surface area contributed by atoms with Gasteiger partial charge in [0.2, 0.25) is 0 Å². The molecule has 0 atom stereocenters. The predicted octanol–water partition coefficient (Wildman–Crippen LogP) is 1.72. The van der Waals surface area contributed by atoms with Crippen LogP contribution in [0.4, 0.5) is 4.79 Å². The molecule has 2 rings (SSSR count). The highest BCUT2D eigenvalue weighted by atomic mass is 127. The first-order valence-corrected chi connectivity index (χ1v) is 7.38. The number of esters is 1. The molecule has 0 saturated carbocycles. The van der Waals surface area contributed by atoms with Crippen LogP contribution in [0.1, 0.15) is 5.56 Å². The number of aromatic hydroxyl groups is 1. The van der Waals surface area contributed by atoms with Crippen molar-refractivity contribution in [2.45, 2.75) is 0 Å². The number of carbonyl (C=O) groups excluding carboxylic acids is 3. The van der Waals surface area contributed by atoms with Gasteiger partial charge >= 0.3 is 12.0 Å². The van der Waals surface area contributed by atoms with E-state index in [2.05, 4.69) is 10.1 Å². The molecule has 1 fully saturated rings. The molecule has 0 aliphatic carbocycles. The summed E-state index contributed by atoms with van der Waals surface area (Å²) in [6.45, 7) is -0.489. The summed E-state index contributed by atoms with van der Waals surface area (Å²) in [5.74, 6) is -1.47. The molecule has 0 spiro atoms. The predicted molar refractivity (Wildman–Crippen MR) is 86.1 cm³/mol. The maximum atomic E-state index is 12.1. The summed E-state index contributed by atoms with van der Waals surface area (Å²) in [5.41, 5.74) is 0.211. The monoisotopic (exact) mass is 436 g/mol. The minimum Gasteiger partial charge on any atom is -0.506 e. The second-order valence-electron chi connectivity index (χ2n) is 4.28. The van der Waals surface area contributed by atoms with Crippen LogP contribution in [0.15, 0.2) is 17.8 Å². The summed E-state index contributed by atoms with van der Waals surface area (Å²) in [6, 6.07) is 2.27. The van der Waals surface area contributed by atoms with Gasteiger partial charge in [-0.15, -0.1) is 0 Å². The number of halogens is 2. The number of carbonyl (C=O) groups is 3. The summed E-state index contributed by atoms with van der Waals surface area (Å²) in [7, 11) is 1.16. The molecular weight excluding hydrogens is 427 g/mol. The molecule has 9 heteroatoms. The SMILES string of the molecule is COC(=O)CN1C(=O)N/C(=C/c2cc(Cl)cc(I)c2O)C1=O. The van der Waals surface area contributed by atoms with Crippen LogP contribution in [0.3, 0.4) is 0 Å². The first-order chi connectivity index (χ1) is 10.3. The number of ether oxygens (including phenoxy) is 1. The second kappa shape index (κ2) is 6.53. The van der Waals surface area contributed by atoms with Crippen LogP contribution in [0.2, 0.25) is 5.02 Å². The maximum absolute atomic E-state index is 12.1. The van der Waals surface area contributed by atoms with Crippen molar-refractivity contribution in [1.29, 1.82) is 0 Å². The van der Waals surface area contributed by atoms with Gasteiger partial charge in [-0.25, -0.2) is 9.69 Å². The maximum Gasteiger partial charge on any atom is 0.329 e. The minimum atomic E-state index is -0.738. The number of amides is 3. The fourth-order valence-electron chi connectivity index (χ4n) is 1.76. The fraction of sp³-hybridized carbons (Fsp3) is 0.154. The topological polar surface area (TPSA) is 95.9 Å². The van der Waals surface area contributed by atoms with Gasteiger partial charge in [-0.2, -0.15) is 0 Å². The van der Waals surface area contributed by atoms with Gasteiger partial charge in [0.15, 0.2) is 0 Å². The van der Waals surface area contributed by atoms with Gasteiger partial charge in [-0.3, -0.25) is 9.59 Å². The Morgan fingerprint density at radius 1 is 1.50 bits per heavy atom. The highest BCUT2D eigenvalue weighted by Crippen LogP contribution is 2.30. The lowest BCUT2D eigenvalue weighted by Crippen LogP contribution is -2.36. The molecule has 2 N–H and O–H groups in total. The van der Waals surface area contributed by atoms with Crippen molar-refractivity contribution in [3.63, 3.8) is 0 Å². The average Bonchev–Trinajstić information content (AvgIpc) is 2.71. The van der Waals surface area contributed by atoms with Crippen LogP contribution in [0.5, 0.6) is 5.75 Å². The van der Waals surface area contributed by atoms with Crippen molar-refractivity contribution in [2.24, 2.45) is 0 Å². The lowest BCUT2D eigenvalue weighted by Gasteiger charge is -2.09. The Labute approximate surface area is 144 Å². The van der Waals surface area contributed by atoms with Gasteiger partial charge in [0, 0.05) is 10.6 Å². The number of phenols is 1. The molecule has 0 unspecified atom stereocenters. The summed E-state index contributed by atoms with van der Waals surface area (Å²) in [5, 5.41) is 12.7. The van der Waals surface area contributed by atoms with Gasteiger partial charge in [0.05, 0.1) is 10.7 Å². The van der Waals surface area contributed by atoms with E-state index in [9.17, 15) is 19.5 Å². The quantitative estimate of drug-likeness (QED) is 0.326. The Bertz CT molecular complexity index is 704. The van der Waals surface area contributed by atoms with Crippen molar-refractivity contribution in [3.8, 4) is 5.75 Å². The molecular formula is C13H10ClIN2O5. The van der Waals surface area contributed by atoms with Gasteiger partial charge in [-0.05, 0) is 40.8 Å². The van der Waals surface area contributed by atoms with Crippen molar-refractivity contribution < 1.29 is 24.2 Å². The van der Waals surface area contributed by atoms with E-state index in [1.807, 2.05) is 22.6 Å². The van der Waals surface area contributed by atoms with Crippen molar-refractivity contribution in [1.82, 2.24) is 10.2 Å². The molecule has 3 amide bonds. The number of nitrogens with one attached hydrogen (secondary N) is 1. The van der Waals surface area contributed by atoms with Crippen LogP contribution in [0.25, 0.3) is 6.08 Å². The van der Waals surface area contributed by atoms with E-state index in [1.54, 1.807) is 6.07 Å². The van der Waals surface area contributed by atoms with Gasteiger partial charge in [0.1, 0.15) is 18.0 Å². The number of methoxy groups -OCH3 is 1. The molecule has 1 aliphatic rings. The summed E-state index contributed by atoms with van der Waals surface area (Å²) >= 11 is 7.79. The molecule has 1 aliphatic heterocycles. The third kappa shape index (κ3) is 3.33. The number of phenolic OH excluding ortho intramolecular Hbond substituents is 1. The number of nitrogens with zero attached hydrogens (tertiary/aromatic N) is 1. The molecule has 116 valence electrons. The number of hydrogen-bond acceptors (Lipinski definition) is 5. The zero-order valence-corrected chi connectivity index (χ0v) is 14.1. The lowest BCUT2D eigenvalue weighted by atomic mass is 10.1. The second-order valence-corrected chi connectivity index (χ2v) is 5.88. The van der Waals surface area contributed by atoms with E-state index < -0.39 is 24.5 Å². The van der Waals surface area contributed by atoms with Crippen LogP contribution in [-0.2, 0) is 14.3 Å². The van der Waals surface area contributed by atoms with Crippen molar-refractivity contribution in [3.05, 3.63) is 32.0 Å². The van der Waals surface area contributed by atoms with E-state index in [0.717, 1.165) is 7.11 Å². The Balaban J connectivity index is 2.33. The Kier molecular flexibility index (Phi) is 4.91. The molecule has 1 aromatic rings. The van der Waals surface area contributed by atoms with E-state index in [0.29, 0.717) is 13.5 Å². The van der Waals surface area contributed by atoms with Crippen LogP contribution < -0.4 is 5.32 Å². The first-order valence-electron chi connectivity index (χ1n) is 5.93. The highest BCUT2D eigenvalue weighted by Gasteiger charge is 2.35. The Morgan fingerprint density at radius 3 is 2.82 bits per heavy atom. The summed E-state index contributed by atoms with van der Waals surface area (Å²) in [4.78, 5) is 35.7. The number of imide groups is 1. The van der Waals surface area contributed by atoms with Crippen molar-refractivity contribution in [2.75, 3.05) is 13.7 Å². The smallest absolute Gasteiger partial charge is 0.329 e. The van der Waals surface area contributed by atoms with Crippen molar-refractivity contribution >= 4 is 58.2 Å². The molecule has 0 radical (unpaired) electrons. The van der Waals surface area contributed by atoms with Gasteiger partial charge in [0.25, 0.3) is 5.91 Å². The largest absolute Gasteiger partial charge is 0.506 e. The highest BCUT2D eigenvalue weighted by molar-refractivity contribution is 14.1. The average molecular weight is 437 g/mol. The van der Waals surface area contributed by atoms with Crippen LogP contribution in [0, 0.1) is 3.57 Å². The normalized spacial score (nSPS) is 16.1. The Morgan fingerprint density at radius 2 is 2.18 bits per heavy atom. The molecule has 7 nitrogen and oxygen atoms in total. The summed E-state index contributed by atoms with van der Waals surface area (Å²) < 4.78 is 4.92. The lowest BCUT2D eigenvalue weighted by molar-refractivity contribution is -0.143. The van der Waals surface area contributed by atoms with E-state index in [-0.39, 0.29) is 17.0 Å². The number of rotatable bonds is 3. The molecule has 0 aromatic heterocycles. The molecule has 1 saturated heterocycles. The minimum absolute atomic E-state index is 0.0639. The van der Waals surface area contributed by atoms with Gasteiger partial charge in [-0.1, -0.05) is 11.6 Å². The number of benzene rings is 1. The van der Waals surface area contributed by atoms with E-state index >= 15 is 0 Å². The zero-order chi connectivity index (χ0) is 16.4. The Hall–Kier alpha value is -1.81. The molecule has 22 heavy (non-hydrogen) atoms. The molecule has 1 heterocycles. The third-order valence-electron chi connectivity index (χ3n) is 2.83. The van der Waals surface area contributed by atoms with Crippen LogP contribution in [-0.4, -0.2) is 41.6 Å². The molecule has 0 bridgehead atoms. The zero-order valence-electron chi connectivity index (χ0n) is 11.2. The number of urea groups is 1. The van der Waals surface area contributed by atoms with Gasteiger partial charge < -0.3 is 15.2 Å². The third-order valence-corrected chi connectivity index (χ3v) is 3.88. The summed E-state index contributed by atoms with van der Waals surface area (Å²) in [6.07, 6.45) is 1.29. The first kappa shape index (κ1) is 16.6.